The van der Waals surface area contributed by atoms with Crippen molar-refractivity contribution in [3.8, 4) is 17.0 Å². The van der Waals surface area contributed by atoms with Gasteiger partial charge in [0.05, 0.1) is 5.69 Å². The minimum absolute atomic E-state index is 0.258. The molecule has 7 heteroatoms. The first kappa shape index (κ1) is 15.1. The molecule has 0 aliphatic carbocycles. The van der Waals surface area contributed by atoms with Crippen LogP contribution in [0.15, 0.2) is 53.8 Å². The normalized spacial score (nSPS) is 12.2. The zero-order valence-electron chi connectivity index (χ0n) is 12.1. The molecule has 118 valence electrons. The van der Waals surface area contributed by atoms with Gasteiger partial charge in [-0.3, -0.25) is 4.99 Å². The number of fused-ring (bicyclic) bond motifs is 1. The predicted molar refractivity (Wildman–Crippen MR) is 80.8 cm³/mol. The van der Waals surface area contributed by atoms with E-state index in [1.807, 2.05) is 28.9 Å². The van der Waals surface area contributed by atoms with Gasteiger partial charge in [0.2, 0.25) is 0 Å². The minimum Gasteiger partial charge on any atom is -0.406 e. The summed E-state index contributed by atoms with van der Waals surface area (Å²) in [6, 6.07) is 9.35. The van der Waals surface area contributed by atoms with E-state index < -0.39 is 6.36 Å². The predicted octanol–water partition coefficient (Wildman–Crippen LogP) is 3.95. The molecule has 0 aliphatic rings. The van der Waals surface area contributed by atoms with Gasteiger partial charge in [0.1, 0.15) is 11.4 Å². The molecule has 1 aromatic carbocycles. The zero-order valence-corrected chi connectivity index (χ0v) is 12.1. The highest BCUT2D eigenvalue weighted by atomic mass is 19.4. The Morgan fingerprint density at radius 3 is 2.48 bits per heavy atom. The van der Waals surface area contributed by atoms with Crippen LogP contribution < -0.4 is 4.74 Å². The van der Waals surface area contributed by atoms with Crippen LogP contribution >= 0.6 is 0 Å². The number of nitrogens with zero attached hydrogens (tertiary/aromatic N) is 3. The van der Waals surface area contributed by atoms with E-state index in [1.54, 1.807) is 13.3 Å². The van der Waals surface area contributed by atoms with Crippen LogP contribution in [0.2, 0.25) is 0 Å². The molecule has 0 spiro atoms. The van der Waals surface area contributed by atoms with Crippen LogP contribution in [0.4, 0.5) is 13.2 Å². The van der Waals surface area contributed by atoms with E-state index in [4.69, 9.17) is 0 Å². The van der Waals surface area contributed by atoms with E-state index in [-0.39, 0.29) is 5.75 Å². The minimum atomic E-state index is -4.69. The summed E-state index contributed by atoms with van der Waals surface area (Å²) in [4.78, 5) is 8.40. The highest BCUT2D eigenvalue weighted by Gasteiger charge is 2.30. The number of pyridine rings is 1. The lowest BCUT2D eigenvalue weighted by molar-refractivity contribution is -0.274. The molecule has 4 nitrogen and oxygen atoms in total. The smallest absolute Gasteiger partial charge is 0.406 e. The number of halogens is 3. The standard InChI is InChI=1S/C16H12F3N3O/c1-20-8-11-2-7-15-21-14(10-22(15)9-11)12-3-5-13(6-4-12)23-16(17,18)19/h2-10H,1H3/b20-8+. The highest BCUT2D eigenvalue weighted by molar-refractivity contribution is 5.79. The molecule has 2 heterocycles. The second kappa shape index (κ2) is 5.75. The van der Waals surface area contributed by atoms with Crippen LogP contribution in [-0.2, 0) is 0 Å². The van der Waals surface area contributed by atoms with Gasteiger partial charge in [-0.05, 0) is 36.4 Å². The van der Waals surface area contributed by atoms with Crippen LogP contribution in [-0.4, -0.2) is 29.0 Å². The lowest BCUT2D eigenvalue weighted by Gasteiger charge is -2.08. The second-order valence-electron chi connectivity index (χ2n) is 4.81. The maximum Gasteiger partial charge on any atom is 0.573 e. The molecule has 0 saturated heterocycles. The van der Waals surface area contributed by atoms with Gasteiger partial charge < -0.3 is 9.14 Å². The number of aliphatic imine (C=N–C) groups is 1. The molecule has 0 aliphatic heterocycles. The Bertz CT molecular complexity index is 851. The summed E-state index contributed by atoms with van der Waals surface area (Å²) in [5, 5.41) is 0. The van der Waals surface area contributed by atoms with Crippen molar-refractivity contribution >= 4 is 11.9 Å². The first-order chi connectivity index (χ1) is 10.9. The molecule has 0 radical (unpaired) electrons. The first-order valence-corrected chi connectivity index (χ1v) is 6.72. The van der Waals surface area contributed by atoms with Crippen LogP contribution in [0.1, 0.15) is 5.56 Å². The molecule has 3 rings (SSSR count). The lowest BCUT2D eigenvalue weighted by Crippen LogP contribution is -2.16. The van der Waals surface area contributed by atoms with Gasteiger partial charge in [0.25, 0.3) is 0 Å². The molecule has 3 aromatic rings. The van der Waals surface area contributed by atoms with Gasteiger partial charge in [-0.25, -0.2) is 4.98 Å². The number of hydrogen-bond donors (Lipinski definition) is 0. The summed E-state index contributed by atoms with van der Waals surface area (Å²) in [6.45, 7) is 0. The molecule has 0 atom stereocenters. The molecular weight excluding hydrogens is 307 g/mol. The molecule has 0 amide bonds. The summed E-state index contributed by atoms with van der Waals surface area (Å²) < 4.78 is 42.2. The Labute approximate surface area is 129 Å². The van der Waals surface area contributed by atoms with Crippen molar-refractivity contribution in [2.45, 2.75) is 6.36 Å². The Morgan fingerprint density at radius 2 is 1.83 bits per heavy atom. The van der Waals surface area contributed by atoms with E-state index >= 15 is 0 Å². The fraction of sp³-hybridized carbons (Fsp3) is 0.125. The summed E-state index contributed by atoms with van der Waals surface area (Å²) >= 11 is 0. The number of imidazole rings is 1. The Balaban J connectivity index is 1.90. The highest BCUT2D eigenvalue weighted by Crippen LogP contribution is 2.26. The van der Waals surface area contributed by atoms with Crippen molar-refractivity contribution in [2.75, 3.05) is 7.05 Å². The third kappa shape index (κ3) is 3.50. The zero-order chi connectivity index (χ0) is 16.4. The van der Waals surface area contributed by atoms with Gasteiger partial charge in [0, 0.05) is 36.8 Å². The molecule has 2 aromatic heterocycles. The summed E-state index contributed by atoms with van der Waals surface area (Å²) in [5.41, 5.74) is 3.03. The van der Waals surface area contributed by atoms with E-state index in [9.17, 15) is 13.2 Å². The van der Waals surface area contributed by atoms with Crippen molar-refractivity contribution in [1.29, 1.82) is 0 Å². The number of alkyl halides is 3. The molecule has 23 heavy (non-hydrogen) atoms. The van der Waals surface area contributed by atoms with Crippen molar-refractivity contribution in [3.05, 3.63) is 54.4 Å². The topological polar surface area (TPSA) is 38.9 Å². The quantitative estimate of drug-likeness (QED) is 0.686. The molecule has 0 fully saturated rings. The molecular formula is C16H12F3N3O. The fourth-order valence-electron chi connectivity index (χ4n) is 2.20. The molecule has 0 unspecified atom stereocenters. The number of ether oxygens (including phenoxy) is 1. The summed E-state index contributed by atoms with van der Waals surface area (Å²) in [5.74, 6) is -0.258. The van der Waals surface area contributed by atoms with Crippen LogP contribution in [0, 0.1) is 0 Å². The number of benzene rings is 1. The number of rotatable bonds is 3. The number of hydrogen-bond acceptors (Lipinski definition) is 3. The van der Waals surface area contributed by atoms with E-state index in [0.29, 0.717) is 11.3 Å². The van der Waals surface area contributed by atoms with Crippen LogP contribution in [0.25, 0.3) is 16.9 Å². The summed E-state index contributed by atoms with van der Waals surface area (Å²) in [6.07, 6.45) is 0.714. The Kier molecular flexibility index (Phi) is 3.77. The van der Waals surface area contributed by atoms with Crippen molar-refractivity contribution in [3.63, 3.8) is 0 Å². The Morgan fingerprint density at radius 1 is 1.09 bits per heavy atom. The van der Waals surface area contributed by atoms with Gasteiger partial charge in [0.15, 0.2) is 0 Å². The maximum absolute atomic E-state index is 12.2. The van der Waals surface area contributed by atoms with E-state index in [1.165, 1.54) is 24.3 Å². The monoisotopic (exact) mass is 319 g/mol. The van der Waals surface area contributed by atoms with Gasteiger partial charge in [-0.1, -0.05) is 0 Å². The average Bonchev–Trinajstić information content (AvgIpc) is 2.90. The van der Waals surface area contributed by atoms with Crippen molar-refractivity contribution < 1.29 is 17.9 Å². The summed E-state index contributed by atoms with van der Waals surface area (Å²) in [7, 11) is 1.69. The van der Waals surface area contributed by atoms with E-state index in [0.717, 1.165) is 11.2 Å². The first-order valence-electron chi connectivity index (χ1n) is 6.72. The number of aromatic nitrogens is 2. The van der Waals surface area contributed by atoms with Crippen molar-refractivity contribution in [1.82, 2.24) is 9.38 Å². The molecule has 0 bridgehead atoms. The average molecular weight is 319 g/mol. The van der Waals surface area contributed by atoms with Crippen LogP contribution in [0.5, 0.6) is 5.75 Å². The fourth-order valence-corrected chi connectivity index (χ4v) is 2.20. The second-order valence-corrected chi connectivity index (χ2v) is 4.81. The molecule has 0 N–H and O–H groups in total. The van der Waals surface area contributed by atoms with Crippen LogP contribution in [0.3, 0.4) is 0 Å². The molecule has 0 saturated carbocycles. The third-order valence-corrected chi connectivity index (χ3v) is 3.14. The van der Waals surface area contributed by atoms with Gasteiger partial charge in [-0.15, -0.1) is 13.2 Å². The van der Waals surface area contributed by atoms with E-state index in [2.05, 4.69) is 14.7 Å². The SMILES string of the molecule is C/N=C/c1ccc2nc(-c3ccc(OC(F)(F)F)cc3)cn2c1. The maximum atomic E-state index is 12.2. The van der Waals surface area contributed by atoms with Gasteiger partial charge in [-0.2, -0.15) is 0 Å². The van der Waals surface area contributed by atoms with Gasteiger partial charge >= 0.3 is 6.36 Å². The lowest BCUT2D eigenvalue weighted by atomic mass is 10.2. The third-order valence-electron chi connectivity index (χ3n) is 3.14. The van der Waals surface area contributed by atoms with Crippen molar-refractivity contribution in [2.24, 2.45) is 4.99 Å². The largest absolute Gasteiger partial charge is 0.573 e. The Hall–Kier alpha value is -2.83.